The van der Waals surface area contributed by atoms with Gasteiger partial charge in [0.2, 0.25) is 10.0 Å². The number of amides is 1. The maximum atomic E-state index is 12.2. The minimum atomic E-state index is -3.29. The minimum Gasteiger partial charge on any atom is -0.495 e. The standard InChI is InChI=1S/C23H30N6O5S/c1-23(2,3)34-22(30)26-16-7-6-14(12-17(16)33-4)18-19-20(24)25-9-11-29(19)21(27-18)15-8-10-28(13-15)35(5,31)32/h6-7,9,11-12,15H,8,10,13H2,1-5H3,(H2,24,25)(H,26,30)/t15-/m0/s1. The number of imidazole rings is 1. The molecule has 1 aliphatic heterocycles. The first kappa shape index (κ1) is 24.7. The van der Waals surface area contributed by atoms with Crippen LogP contribution in [0.2, 0.25) is 0 Å². The van der Waals surface area contributed by atoms with Crippen molar-refractivity contribution in [1.82, 2.24) is 18.7 Å². The lowest BCUT2D eigenvalue weighted by atomic mass is 10.1. The first-order valence-electron chi connectivity index (χ1n) is 11.1. The summed E-state index contributed by atoms with van der Waals surface area (Å²) in [6.07, 6.45) is 4.63. The van der Waals surface area contributed by atoms with E-state index in [2.05, 4.69) is 10.3 Å². The maximum Gasteiger partial charge on any atom is 0.412 e. The van der Waals surface area contributed by atoms with Crippen LogP contribution in [-0.4, -0.2) is 65.2 Å². The van der Waals surface area contributed by atoms with Crippen molar-refractivity contribution in [2.45, 2.75) is 38.7 Å². The van der Waals surface area contributed by atoms with E-state index < -0.39 is 21.7 Å². The summed E-state index contributed by atoms with van der Waals surface area (Å²) in [5.41, 5.74) is 7.97. The van der Waals surface area contributed by atoms with E-state index in [1.165, 1.54) is 17.7 Å². The molecule has 1 amide bonds. The molecule has 0 radical (unpaired) electrons. The first-order chi connectivity index (χ1) is 16.4. The normalized spacial score (nSPS) is 17.0. The molecule has 1 aliphatic rings. The molecular weight excluding hydrogens is 472 g/mol. The van der Waals surface area contributed by atoms with Crippen LogP contribution in [0.1, 0.15) is 38.9 Å². The third-order valence-electron chi connectivity index (χ3n) is 5.71. The molecule has 0 bridgehead atoms. The number of carbonyl (C=O) groups excluding carboxylic acids is 1. The van der Waals surface area contributed by atoms with Crippen molar-refractivity contribution in [3.8, 4) is 17.0 Å². The number of hydrogen-bond donors (Lipinski definition) is 2. The van der Waals surface area contributed by atoms with Gasteiger partial charge in [0, 0.05) is 37.0 Å². The third kappa shape index (κ3) is 5.17. The second-order valence-corrected chi connectivity index (χ2v) is 11.5. The first-order valence-corrected chi connectivity index (χ1v) is 13.0. The molecule has 1 saturated heterocycles. The fourth-order valence-electron chi connectivity index (χ4n) is 4.17. The van der Waals surface area contributed by atoms with Crippen LogP contribution in [0.5, 0.6) is 5.75 Å². The fraction of sp³-hybridized carbons (Fsp3) is 0.435. The van der Waals surface area contributed by atoms with Gasteiger partial charge >= 0.3 is 6.09 Å². The Hall–Kier alpha value is -3.38. The number of fused-ring (bicyclic) bond motifs is 1. The molecule has 0 unspecified atom stereocenters. The highest BCUT2D eigenvalue weighted by Gasteiger charge is 2.33. The van der Waals surface area contributed by atoms with Gasteiger partial charge in [0.05, 0.1) is 19.1 Å². The summed E-state index contributed by atoms with van der Waals surface area (Å²) in [5.74, 6) is 1.34. The second kappa shape index (κ2) is 9.00. The summed E-state index contributed by atoms with van der Waals surface area (Å²) in [6.45, 7) is 6.14. The van der Waals surface area contributed by atoms with Gasteiger partial charge in [-0.2, -0.15) is 0 Å². The largest absolute Gasteiger partial charge is 0.495 e. The highest BCUT2D eigenvalue weighted by molar-refractivity contribution is 7.88. The number of methoxy groups -OCH3 is 1. The van der Waals surface area contributed by atoms with Crippen LogP contribution in [0.15, 0.2) is 30.6 Å². The number of ether oxygens (including phenoxy) is 2. The number of hydrogen-bond acceptors (Lipinski definition) is 8. The lowest BCUT2D eigenvalue weighted by molar-refractivity contribution is 0.0635. The van der Waals surface area contributed by atoms with Crippen molar-refractivity contribution >= 4 is 33.1 Å². The second-order valence-electron chi connectivity index (χ2n) is 9.50. The summed E-state index contributed by atoms with van der Waals surface area (Å²) in [7, 11) is -1.78. The van der Waals surface area contributed by atoms with E-state index in [-0.39, 0.29) is 5.92 Å². The van der Waals surface area contributed by atoms with Gasteiger partial charge in [0.1, 0.15) is 34.2 Å². The van der Waals surface area contributed by atoms with Gasteiger partial charge in [0.15, 0.2) is 0 Å². The van der Waals surface area contributed by atoms with Gasteiger partial charge < -0.3 is 15.2 Å². The zero-order valence-corrected chi connectivity index (χ0v) is 21.2. The van der Waals surface area contributed by atoms with Gasteiger partial charge in [0.25, 0.3) is 0 Å². The third-order valence-corrected chi connectivity index (χ3v) is 6.98. The van der Waals surface area contributed by atoms with Gasteiger partial charge in [-0.1, -0.05) is 6.07 Å². The van der Waals surface area contributed by atoms with E-state index in [4.69, 9.17) is 20.2 Å². The Bertz CT molecular complexity index is 1380. The Kier molecular flexibility index (Phi) is 6.36. The molecule has 2 aromatic heterocycles. The lowest BCUT2D eigenvalue weighted by Crippen LogP contribution is -2.27. The molecule has 0 saturated carbocycles. The number of nitrogens with one attached hydrogen (secondary N) is 1. The van der Waals surface area contributed by atoms with Crippen molar-refractivity contribution in [3.05, 3.63) is 36.4 Å². The smallest absolute Gasteiger partial charge is 0.412 e. The monoisotopic (exact) mass is 502 g/mol. The van der Waals surface area contributed by atoms with Crippen molar-refractivity contribution < 1.29 is 22.7 Å². The SMILES string of the molecule is COc1cc(-c2nc([C@H]3CCN(S(C)(=O)=O)C3)n3ccnc(N)c23)ccc1NC(=O)OC(C)(C)C. The number of sulfonamides is 1. The molecule has 1 atom stereocenters. The van der Waals surface area contributed by atoms with E-state index in [1.54, 1.807) is 51.4 Å². The van der Waals surface area contributed by atoms with Crippen LogP contribution < -0.4 is 15.8 Å². The molecule has 3 N–H and O–H groups in total. The van der Waals surface area contributed by atoms with Crippen LogP contribution in [0.25, 0.3) is 16.8 Å². The van der Waals surface area contributed by atoms with Gasteiger partial charge in [-0.3, -0.25) is 9.72 Å². The highest BCUT2D eigenvalue weighted by atomic mass is 32.2. The molecular formula is C23H30N6O5S. The fourth-order valence-corrected chi connectivity index (χ4v) is 5.06. The van der Waals surface area contributed by atoms with Gasteiger partial charge in [-0.25, -0.2) is 27.5 Å². The summed E-state index contributed by atoms with van der Waals surface area (Å²) < 4.78 is 38.2. The van der Waals surface area contributed by atoms with Crippen molar-refractivity contribution in [2.24, 2.45) is 0 Å². The predicted molar refractivity (Wildman–Crippen MR) is 133 cm³/mol. The number of nitrogen functional groups attached to an aromatic ring is 1. The zero-order valence-electron chi connectivity index (χ0n) is 20.4. The molecule has 12 heteroatoms. The number of nitrogens with zero attached hydrogens (tertiary/aromatic N) is 4. The molecule has 188 valence electrons. The molecule has 1 fully saturated rings. The molecule has 1 aromatic carbocycles. The molecule has 4 rings (SSSR count). The van der Waals surface area contributed by atoms with Crippen LogP contribution in [0.3, 0.4) is 0 Å². The summed E-state index contributed by atoms with van der Waals surface area (Å²) in [4.78, 5) is 21.4. The Morgan fingerprint density at radius 3 is 2.66 bits per heavy atom. The number of carbonyl (C=O) groups is 1. The summed E-state index contributed by atoms with van der Waals surface area (Å²) in [6, 6.07) is 5.25. The quantitative estimate of drug-likeness (QED) is 0.542. The predicted octanol–water partition coefficient (Wildman–Crippen LogP) is 3.08. The Labute approximate surface area is 204 Å². The summed E-state index contributed by atoms with van der Waals surface area (Å²) in [5, 5.41) is 2.70. The Morgan fingerprint density at radius 1 is 1.29 bits per heavy atom. The van der Waals surface area contributed by atoms with Crippen molar-refractivity contribution in [2.75, 3.05) is 37.5 Å². The van der Waals surface area contributed by atoms with E-state index in [0.29, 0.717) is 59.4 Å². The Balaban J connectivity index is 1.73. The number of anilines is 2. The number of aromatic nitrogens is 3. The average molecular weight is 503 g/mol. The highest BCUT2D eigenvalue weighted by Crippen LogP contribution is 2.37. The van der Waals surface area contributed by atoms with Crippen molar-refractivity contribution in [1.29, 1.82) is 0 Å². The van der Waals surface area contributed by atoms with Crippen LogP contribution in [0, 0.1) is 0 Å². The van der Waals surface area contributed by atoms with Gasteiger partial charge in [-0.05, 0) is 39.3 Å². The minimum absolute atomic E-state index is 0.0946. The lowest BCUT2D eigenvalue weighted by Gasteiger charge is -2.20. The summed E-state index contributed by atoms with van der Waals surface area (Å²) >= 11 is 0. The molecule has 0 aliphatic carbocycles. The molecule has 0 spiro atoms. The molecule has 11 nitrogen and oxygen atoms in total. The molecule has 3 heterocycles. The van der Waals surface area contributed by atoms with Crippen LogP contribution >= 0.6 is 0 Å². The zero-order chi connectivity index (χ0) is 25.5. The van der Waals surface area contributed by atoms with Crippen LogP contribution in [-0.2, 0) is 14.8 Å². The number of benzene rings is 1. The van der Waals surface area contributed by atoms with Crippen molar-refractivity contribution in [3.63, 3.8) is 0 Å². The van der Waals surface area contributed by atoms with Gasteiger partial charge in [-0.15, -0.1) is 0 Å². The van der Waals surface area contributed by atoms with E-state index in [1.807, 2.05) is 4.40 Å². The topological polar surface area (TPSA) is 141 Å². The average Bonchev–Trinajstić information content (AvgIpc) is 3.38. The van der Waals surface area contributed by atoms with Crippen LogP contribution in [0.4, 0.5) is 16.3 Å². The molecule has 3 aromatic rings. The number of rotatable bonds is 5. The molecule has 35 heavy (non-hydrogen) atoms. The number of nitrogens with two attached hydrogens (primary N) is 1. The Morgan fingerprint density at radius 2 is 2.03 bits per heavy atom. The van der Waals surface area contributed by atoms with E-state index >= 15 is 0 Å². The maximum absolute atomic E-state index is 12.2. The van der Waals surface area contributed by atoms with E-state index in [0.717, 1.165) is 0 Å². The van der Waals surface area contributed by atoms with E-state index in [9.17, 15) is 13.2 Å².